The van der Waals surface area contributed by atoms with E-state index in [-0.39, 0.29) is 23.3 Å². The molecule has 0 radical (unpaired) electrons. The minimum atomic E-state index is -3.54. The van der Waals surface area contributed by atoms with Crippen LogP contribution in [-0.2, 0) is 21.2 Å². The molecule has 0 aliphatic carbocycles. The molecule has 0 spiro atoms. The maximum Gasteiger partial charge on any atom is 0.242 e. The zero-order valence-electron chi connectivity index (χ0n) is 16.1. The third-order valence-corrected chi connectivity index (χ3v) is 6.14. The molecule has 0 saturated heterocycles. The summed E-state index contributed by atoms with van der Waals surface area (Å²) in [6.07, 6.45) is 0.617. The fourth-order valence-corrected chi connectivity index (χ4v) is 3.66. The average molecular weight is 391 g/mol. The smallest absolute Gasteiger partial charge is 0.242 e. The van der Waals surface area contributed by atoms with Crippen molar-refractivity contribution >= 4 is 15.9 Å². The van der Waals surface area contributed by atoms with Crippen molar-refractivity contribution in [2.75, 3.05) is 21.2 Å². The lowest BCUT2D eigenvalue weighted by Crippen LogP contribution is -2.26. The van der Waals surface area contributed by atoms with Crippen molar-refractivity contribution in [2.24, 2.45) is 0 Å². The lowest BCUT2D eigenvalue weighted by molar-refractivity contribution is -0.121. The number of nitrogens with zero attached hydrogens (tertiary/aromatic N) is 1. The van der Waals surface area contributed by atoms with Gasteiger partial charge in [-0.05, 0) is 42.7 Å². The number of nitrogens with one attached hydrogen (secondary N) is 1. The Morgan fingerprint density at radius 2 is 1.81 bits per heavy atom. The molecule has 1 amide bonds. The summed E-state index contributed by atoms with van der Waals surface area (Å²) in [6, 6.07) is 14.3. The number of rotatable bonds is 8. The molecule has 0 saturated carbocycles. The van der Waals surface area contributed by atoms with E-state index < -0.39 is 10.0 Å². The van der Waals surface area contributed by atoms with Crippen molar-refractivity contribution in [1.82, 2.24) is 9.62 Å². The minimum absolute atomic E-state index is 0.0963. The van der Waals surface area contributed by atoms with Gasteiger partial charge in [-0.15, -0.1) is 0 Å². The summed E-state index contributed by atoms with van der Waals surface area (Å²) in [7, 11) is 0.951. The molecular formula is C20H26N2O4S. The number of hydrogen-bond acceptors (Lipinski definition) is 4. The van der Waals surface area contributed by atoms with Crippen LogP contribution in [0.2, 0.25) is 0 Å². The first-order chi connectivity index (χ1) is 12.8. The zero-order valence-corrected chi connectivity index (χ0v) is 16.9. The van der Waals surface area contributed by atoms with Gasteiger partial charge in [-0.3, -0.25) is 4.79 Å². The van der Waals surface area contributed by atoms with Gasteiger partial charge in [0.25, 0.3) is 0 Å². The van der Waals surface area contributed by atoms with Gasteiger partial charge in [-0.2, -0.15) is 0 Å². The van der Waals surface area contributed by atoms with E-state index in [2.05, 4.69) is 5.32 Å². The molecule has 0 bridgehead atoms. The van der Waals surface area contributed by atoms with Gasteiger partial charge in [0.05, 0.1) is 18.0 Å². The Kier molecular flexibility index (Phi) is 6.98. The summed E-state index contributed by atoms with van der Waals surface area (Å²) in [6.45, 7) is 1.93. The SMILES string of the molecule is COc1ccc(S(=O)(=O)N(C)C)cc1CCC(=O)N[C@H](C)c1ccccc1. The minimum Gasteiger partial charge on any atom is -0.496 e. The lowest BCUT2D eigenvalue weighted by Gasteiger charge is -2.16. The third-order valence-electron chi connectivity index (χ3n) is 4.33. The number of amides is 1. The normalized spacial score (nSPS) is 12.6. The van der Waals surface area contributed by atoms with Gasteiger partial charge in [0, 0.05) is 20.5 Å². The largest absolute Gasteiger partial charge is 0.496 e. The number of carbonyl (C=O) groups is 1. The number of ether oxygens (including phenoxy) is 1. The van der Waals surface area contributed by atoms with Crippen LogP contribution < -0.4 is 10.1 Å². The first-order valence-electron chi connectivity index (χ1n) is 8.69. The van der Waals surface area contributed by atoms with Crippen LogP contribution in [0, 0.1) is 0 Å². The van der Waals surface area contributed by atoms with E-state index >= 15 is 0 Å². The van der Waals surface area contributed by atoms with Crippen LogP contribution in [0.15, 0.2) is 53.4 Å². The molecule has 6 nitrogen and oxygen atoms in total. The number of sulfonamides is 1. The van der Waals surface area contributed by atoms with Crippen molar-refractivity contribution in [3.8, 4) is 5.75 Å². The van der Waals surface area contributed by atoms with E-state index in [0.29, 0.717) is 17.7 Å². The van der Waals surface area contributed by atoms with E-state index in [9.17, 15) is 13.2 Å². The Morgan fingerprint density at radius 3 is 2.41 bits per heavy atom. The number of aryl methyl sites for hydroxylation is 1. The van der Waals surface area contributed by atoms with E-state index in [1.165, 1.54) is 27.3 Å². The van der Waals surface area contributed by atoms with E-state index in [1.807, 2.05) is 37.3 Å². The van der Waals surface area contributed by atoms with Crippen LogP contribution in [0.1, 0.15) is 30.5 Å². The maximum atomic E-state index is 12.3. The predicted molar refractivity (Wildman–Crippen MR) is 105 cm³/mol. The van der Waals surface area contributed by atoms with Crippen molar-refractivity contribution in [2.45, 2.75) is 30.7 Å². The second kappa shape index (κ2) is 9.01. The van der Waals surface area contributed by atoms with Gasteiger partial charge in [0.1, 0.15) is 5.75 Å². The molecule has 0 aliphatic rings. The quantitative estimate of drug-likeness (QED) is 0.752. The molecule has 1 N–H and O–H groups in total. The van der Waals surface area contributed by atoms with Crippen LogP contribution in [0.25, 0.3) is 0 Å². The van der Waals surface area contributed by atoms with Crippen LogP contribution in [-0.4, -0.2) is 39.8 Å². The van der Waals surface area contributed by atoms with Gasteiger partial charge in [-0.1, -0.05) is 30.3 Å². The summed E-state index contributed by atoms with van der Waals surface area (Å²) in [5, 5.41) is 2.96. The molecule has 7 heteroatoms. The molecule has 0 unspecified atom stereocenters. The highest BCUT2D eigenvalue weighted by Gasteiger charge is 2.19. The molecule has 2 aromatic carbocycles. The summed E-state index contributed by atoms with van der Waals surface area (Å²) in [5.41, 5.74) is 1.71. The monoisotopic (exact) mass is 390 g/mol. The number of benzene rings is 2. The molecule has 146 valence electrons. The fraction of sp³-hybridized carbons (Fsp3) is 0.350. The Hall–Kier alpha value is -2.38. The molecule has 0 fully saturated rings. The Morgan fingerprint density at radius 1 is 1.15 bits per heavy atom. The lowest BCUT2D eigenvalue weighted by atomic mass is 10.1. The first-order valence-corrected chi connectivity index (χ1v) is 10.1. The van der Waals surface area contributed by atoms with Crippen LogP contribution >= 0.6 is 0 Å². The molecule has 0 heterocycles. The second-order valence-electron chi connectivity index (χ2n) is 6.46. The first kappa shape index (κ1) is 20.9. The molecule has 0 aliphatic heterocycles. The van der Waals surface area contributed by atoms with Crippen molar-refractivity contribution in [3.63, 3.8) is 0 Å². The van der Waals surface area contributed by atoms with Crippen LogP contribution in [0.5, 0.6) is 5.75 Å². The van der Waals surface area contributed by atoms with Gasteiger partial charge < -0.3 is 10.1 Å². The Balaban J connectivity index is 2.09. The molecule has 1 atom stereocenters. The van der Waals surface area contributed by atoms with E-state index in [1.54, 1.807) is 12.1 Å². The topological polar surface area (TPSA) is 75.7 Å². The third kappa shape index (κ3) is 5.30. The van der Waals surface area contributed by atoms with Crippen molar-refractivity contribution < 1.29 is 17.9 Å². The highest BCUT2D eigenvalue weighted by Crippen LogP contribution is 2.25. The fourth-order valence-electron chi connectivity index (χ4n) is 2.71. The van der Waals surface area contributed by atoms with Crippen molar-refractivity contribution in [1.29, 1.82) is 0 Å². The summed E-state index contributed by atoms with van der Waals surface area (Å²) in [5.74, 6) is 0.464. The van der Waals surface area contributed by atoms with Gasteiger partial charge in [0.15, 0.2) is 0 Å². The van der Waals surface area contributed by atoms with Crippen molar-refractivity contribution in [3.05, 3.63) is 59.7 Å². The highest BCUT2D eigenvalue weighted by molar-refractivity contribution is 7.89. The van der Waals surface area contributed by atoms with Gasteiger partial charge in [0.2, 0.25) is 15.9 Å². The summed E-state index contributed by atoms with van der Waals surface area (Å²) < 4.78 is 31.1. The van der Waals surface area contributed by atoms with Crippen LogP contribution in [0.4, 0.5) is 0 Å². The maximum absolute atomic E-state index is 12.3. The van der Waals surface area contributed by atoms with Crippen LogP contribution in [0.3, 0.4) is 0 Å². The Labute approximate surface area is 161 Å². The molecular weight excluding hydrogens is 364 g/mol. The molecule has 0 aromatic heterocycles. The Bertz CT molecular complexity index is 880. The summed E-state index contributed by atoms with van der Waals surface area (Å²) in [4.78, 5) is 12.5. The molecule has 2 aromatic rings. The van der Waals surface area contributed by atoms with E-state index in [4.69, 9.17) is 4.74 Å². The zero-order chi connectivity index (χ0) is 20.0. The van der Waals surface area contributed by atoms with Gasteiger partial charge in [-0.25, -0.2) is 12.7 Å². The molecule has 2 rings (SSSR count). The predicted octanol–water partition coefficient (Wildman–Crippen LogP) is 2.76. The average Bonchev–Trinajstić information content (AvgIpc) is 2.66. The number of methoxy groups -OCH3 is 1. The summed E-state index contributed by atoms with van der Waals surface area (Å²) >= 11 is 0. The molecule has 27 heavy (non-hydrogen) atoms. The number of carbonyl (C=O) groups excluding carboxylic acids is 1. The standard InChI is InChI=1S/C20H26N2O4S/c1-15(16-8-6-5-7-9-16)21-20(23)13-10-17-14-18(11-12-19(17)26-4)27(24,25)22(2)3/h5-9,11-12,14-15H,10,13H2,1-4H3,(H,21,23)/t15-/m1/s1. The number of hydrogen-bond donors (Lipinski definition) is 1. The van der Waals surface area contributed by atoms with E-state index in [0.717, 1.165) is 9.87 Å². The highest BCUT2D eigenvalue weighted by atomic mass is 32.2. The van der Waals surface area contributed by atoms with Gasteiger partial charge >= 0.3 is 0 Å². The second-order valence-corrected chi connectivity index (χ2v) is 8.61.